The first-order valence-electron chi connectivity index (χ1n) is 8.57. The Hall–Kier alpha value is -1.14. The van der Waals surface area contributed by atoms with Gasteiger partial charge in [-0.25, -0.2) is 4.79 Å². The maximum Gasteiger partial charge on any atom is 0.329 e. The predicted octanol–water partition coefficient (Wildman–Crippen LogP) is 4.13. The van der Waals surface area contributed by atoms with Crippen LogP contribution in [0.1, 0.15) is 41.0 Å². The fourth-order valence-electron chi connectivity index (χ4n) is 2.47. The van der Waals surface area contributed by atoms with Gasteiger partial charge in [0.2, 0.25) is 5.91 Å². The van der Waals surface area contributed by atoms with E-state index in [1.807, 2.05) is 52.8 Å². The molecule has 2 rings (SSSR count). The lowest BCUT2D eigenvalue weighted by atomic mass is 10.0. The average molecular weight is 382 g/mol. The summed E-state index contributed by atoms with van der Waals surface area (Å²) in [7, 11) is 0. The van der Waals surface area contributed by atoms with Crippen molar-refractivity contribution >= 4 is 35.4 Å². The predicted molar refractivity (Wildman–Crippen MR) is 104 cm³/mol. The van der Waals surface area contributed by atoms with E-state index in [9.17, 15) is 9.59 Å². The molecule has 4 nitrogen and oxygen atoms in total. The number of carbonyl (C=O) groups is 2. The van der Waals surface area contributed by atoms with Gasteiger partial charge in [-0.15, -0.1) is 23.5 Å². The fraction of sp³-hybridized carbons (Fsp3) is 0.579. The second-order valence-electron chi connectivity index (χ2n) is 7.59. The summed E-state index contributed by atoms with van der Waals surface area (Å²) in [4.78, 5) is 27.5. The Labute approximate surface area is 158 Å². The van der Waals surface area contributed by atoms with Gasteiger partial charge in [0.05, 0.1) is 5.25 Å². The van der Waals surface area contributed by atoms with Crippen LogP contribution in [0.15, 0.2) is 34.1 Å². The van der Waals surface area contributed by atoms with E-state index in [2.05, 4.69) is 11.4 Å². The molecule has 1 aromatic carbocycles. The van der Waals surface area contributed by atoms with E-state index in [4.69, 9.17) is 4.74 Å². The van der Waals surface area contributed by atoms with E-state index in [1.54, 1.807) is 23.5 Å². The number of benzene rings is 1. The number of fused-ring (bicyclic) bond motifs is 1. The van der Waals surface area contributed by atoms with Crippen molar-refractivity contribution in [1.29, 1.82) is 0 Å². The van der Waals surface area contributed by atoms with Crippen LogP contribution in [0.3, 0.4) is 0 Å². The molecule has 1 heterocycles. The Morgan fingerprint density at radius 3 is 2.48 bits per heavy atom. The average Bonchev–Trinajstić information content (AvgIpc) is 2.51. The topological polar surface area (TPSA) is 55.4 Å². The summed E-state index contributed by atoms with van der Waals surface area (Å²) < 4.78 is 5.48. The molecule has 0 radical (unpaired) electrons. The highest BCUT2D eigenvalue weighted by atomic mass is 32.2. The Balaban J connectivity index is 2.03. The normalized spacial score (nSPS) is 18.4. The van der Waals surface area contributed by atoms with Gasteiger partial charge in [-0.1, -0.05) is 26.0 Å². The van der Waals surface area contributed by atoms with Gasteiger partial charge in [0.1, 0.15) is 11.6 Å². The highest BCUT2D eigenvalue weighted by Crippen LogP contribution is 2.40. The zero-order chi connectivity index (χ0) is 18.6. The zero-order valence-corrected chi connectivity index (χ0v) is 17.1. The van der Waals surface area contributed by atoms with Gasteiger partial charge >= 0.3 is 5.97 Å². The number of rotatable bonds is 5. The number of nitrogens with one attached hydrogen (secondary N) is 1. The van der Waals surface area contributed by atoms with E-state index in [1.165, 1.54) is 4.90 Å². The minimum atomic E-state index is -0.602. The first kappa shape index (κ1) is 20.2. The lowest BCUT2D eigenvalue weighted by Crippen LogP contribution is -2.48. The van der Waals surface area contributed by atoms with Crippen molar-refractivity contribution in [3.63, 3.8) is 0 Å². The van der Waals surface area contributed by atoms with Crippen molar-refractivity contribution in [2.24, 2.45) is 5.92 Å². The van der Waals surface area contributed by atoms with Crippen molar-refractivity contribution in [1.82, 2.24) is 5.32 Å². The first-order valence-corrected chi connectivity index (χ1v) is 10.4. The molecule has 138 valence electrons. The van der Waals surface area contributed by atoms with Gasteiger partial charge in [0.25, 0.3) is 0 Å². The van der Waals surface area contributed by atoms with E-state index in [-0.39, 0.29) is 23.0 Å². The van der Waals surface area contributed by atoms with Crippen molar-refractivity contribution in [2.75, 3.05) is 5.75 Å². The summed E-state index contributed by atoms with van der Waals surface area (Å²) in [6.07, 6.45) is 0.571. The van der Waals surface area contributed by atoms with Gasteiger partial charge in [0.15, 0.2) is 0 Å². The maximum atomic E-state index is 12.7. The SMILES string of the molecule is CC(C)C[C@H](NC(=O)C1CSc2ccccc2S1)C(=O)OC(C)(C)C. The van der Waals surface area contributed by atoms with Gasteiger partial charge in [0, 0.05) is 15.5 Å². The van der Waals surface area contributed by atoms with Crippen LogP contribution < -0.4 is 5.32 Å². The number of amides is 1. The minimum absolute atomic E-state index is 0.0940. The summed E-state index contributed by atoms with van der Waals surface area (Å²) >= 11 is 3.25. The third kappa shape index (κ3) is 6.26. The Bertz CT molecular complexity index is 625. The molecule has 0 aliphatic carbocycles. The molecule has 1 N–H and O–H groups in total. The molecule has 0 saturated carbocycles. The summed E-state index contributed by atoms with van der Waals surface area (Å²) in [5.74, 6) is 0.537. The summed E-state index contributed by atoms with van der Waals surface area (Å²) in [6, 6.07) is 7.49. The third-order valence-corrected chi connectivity index (χ3v) is 6.30. The van der Waals surface area contributed by atoms with Gasteiger partial charge in [-0.3, -0.25) is 4.79 Å². The fourth-order valence-corrected chi connectivity index (χ4v) is 4.96. The molecule has 1 unspecified atom stereocenters. The van der Waals surface area contributed by atoms with Gasteiger partial charge in [-0.05, 0) is 45.2 Å². The largest absolute Gasteiger partial charge is 0.458 e. The van der Waals surface area contributed by atoms with Crippen LogP contribution >= 0.6 is 23.5 Å². The molecule has 1 aromatic rings. The van der Waals surface area contributed by atoms with Crippen LogP contribution in [0.2, 0.25) is 0 Å². The van der Waals surface area contributed by atoms with E-state index in [0.717, 1.165) is 4.90 Å². The lowest BCUT2D eigenvalue weighted by molar-refractivity contribution is -0.159. The van der Waals surface area contributed by atoms with Crippen LogP contribution in [0.4, 0.5) is 0 Å². The maximum absolute atomic E-state index is 12.7. The van der Waals surface area contributed by atoms with Crippen LogP contribution in [0.5, 0.6) is 0 Å². The highest BCUT2D eigenvalue weighted by molar-refractivity contribution is 8.06. The van der Waals surface area contributed by atoms with Gasteiger partial charge < -0.3 is 10.1 Å². The van der Waals surface area contributed by atoms with Crippen LogP contribution in [0, 0.1) is 5.92 Å². The number of hydrogen-bond donors (Lipinski definition) is 1. The van der Waals surface area contributed by atoms with Crippen LogP contribution in [-0.2, 0) is 14.3 Å². The second-order valence-corrected chi connectivity index (χ2v) is 9.89. The number of ether oxygens (including phenoxy) is 1. The Morgan fingerprint density at radius 2 is 1.88 bits per heavy atom. The molecular formula is C19H27NO3S2. The van der Waals surface area contributed by atoms with E-state index < -0.39 is 11.6 Å². The van der Waals surface area contributed by atoms with Crippen molar-refractivity contribution in [3.8, 4) is 0 Å². The molecular weight excluding hydrogens is 354 g/mol. The molecule has 0 bridgehead atoms. The molecule has 0 saturated heterocycles. The Kier molecular flexibility index (Phi) is 6.86. The molecule has 0 aromatic heterocycles. The molecule has 6 heteroatoms. The lowest BCUT2D eigenvalue weighted by Gasteiger charge is -2.28. The monoisotopic (exact) mass is 381 g/mol. The van der Waals surface area contributed by atoms with Crippen molar-refractivity contribution < 1.29 is 14.3 Å². The summed E-state index contributed by atoms with van der Waals surface area (Å²) in [5, 5.41) is 2.73. The third-order valence-electron chi connectivity index (χ3n) is 3.52. The molecule has 1 aliphatic heterocycles. The quantitative estimate of drug-likeness (QED) is 0.778. The molecule has 2 atom stereocenters. The zero-order valence-electron chi connectivity index (χ0n) is 15.5. The van der Waals surface area contributed by atoms with Crippen molar-refractivity contribution in [3.05, 3.63) is 24.3 Å². The highest BCUT2D eigenvalue weighted by Gasteiger charge is 2.32. The first-order chi connectivity index (χ1) is 11.7. The summed E-state index contributed by atoms with van der Waals surface area (Å²) in [5.41, 5.74) is -0.564. The number of hydrogen-bond acceptors (Lipinski definition) is 5. The molecule has 1 amide bonds. The minimum Gasteiger partial charge on any atom is -0.458 e. The number of esters is 1. The molecule has 0 fully saturated rings. The van der Waals surface area contributed by atoms with Gasteiger partial charge in [-0.2, -0.15) is 0 Å². The standard InChI is InChI=1S/C19H27NO3S2/c1-12(2)10-13(18(22)23-19(3,4)5)20-17(21)16-11-24-14-8-6-7-9-15(14)25-16/h6-9,12-13,16H,10-11H2,1-5H3,(H,20,21)/t13-,16?/m0/s1. The van der Waals surface area contributed by atoms with Crippen LogP contribution in [-0.4, -0.2) is 34.5 Å². The van der Waals surface area contributed by atoms with E-state index >= 15 is 0 Å². The smallest absolute Gasteiger partial charge is 0.329 e. The molecule has 1 aliphatic rings. The molecule has 0 spiro atoms. The molecule has 25 heavy (non-hydrogen) atoms. The Morgan fingerprint density at radius 1 is 1.24 bits per heavy atom. The number of carbonyl (C=O) groups excluding carboxylic acids is 2. The van der Waals surface area contributed by atoms with E-state index in [0.29, 0.717) is 12.2 Å². The van der Waals surface area contributed by atoms with Crippen LogP contribution in [0.25, 0.3) is 0 Å². The van der Waals surface area contributed by atoms with Crippen molar-refractivity contribution in [2.45, 2.75) is 67.7 Å². The number of thioether (sulfide) groups is 2. The second kappa shape index (κ2) is 8.49. The summed E-state index contributed by atoms with van der Waals surface area (Å²) in [6.45, 7) is 9.58.